The molecule has 2 nitrogen and oxygen atoms in total. The lowest BCUT2D eigenvalue weighted by molar-refractivity contribution is 0.463. The molecule has 1 fully saturated rings. The van der Waals surface area contributed by atoms with E-state index in [2.05, 4.69) is 6.07 Å². The fourth-order valence-electron chi connectivity index (χ4n) is 2.59. The number of hydrogen-bond donors (Lipinski definition) is 2. The van der Waals surface area contributed by atoms with Crippen molar-refractivity contribution in [3.63, 3.8) is 0 Å². The van der Waals surface area contributed by atoms with Gasteiger partial charge in [0.05, 0.1) is 5.02 Å². The van der Waals surface area contributed by atoms with Crippen molar-refractivity contribution in [2.24, 2.45) is 5.73 Å². The van der Waals surface area contributed by atoms with E-state index in [1.807, 2.05) is 0 Å². The Morgan fingerprint density at radius 2 is 2.12 bits per heavy atom. The molecular weight excluding hydrogens is 222 g/mol. The third kappa shape index (κ3) is 1.61. The summed E-state index contributed by atoms with van der Waals surface area (Å²) in [6.45, 7) is 0. The van der Waals surface area contributed by atoms with Gasteiger partial charge in [-0.1, -0.05) is 17.7 Å². The summed E-state index contributed by atoms with van der Waals surface area (Å²) in [6, 6.07) is 2.11. The average molecular weight is 238 g/mol. The van der Waals surface area contributed by atoms with Gasteiger partial charge in [0.2, 0.25) is 0 Å². The number of phenols is 1. The molecule has 86 valence electrons. The van der Waals surface area contributed by atoms with Crippen LogP contribution in [0.1, 0.15) is 36.0 Å². The Morgan fingerprint density at radius 1 is 1.38 bits per heavy atom. The van der Waals surface area contributed by atoms with Gasteiger partial charge in [-0.05, 0) is 55.2 Å². The Kier molecular flexibility index (Phi) is 2.20. The lowest BCUT2D eigenvalue weighted by Crippen LogP contribution is -2.24. The van der Waals surface area contributed by atoms with Crippen LogP contribution in [-0.4, -0.2) is 10.6 Å². The van der Waals surface area contributed by atoms with Gasteiger partial charge in [-0.15, -0.1) is 0 Å². The van der Waals surface area contributed by atoms with Crippen molar-refractivity contribution < 1.29 is 5.11 Å². The smallest absolute Gasteiger partial charge is 0.137 e. The number of fused-ring (bicyclic) bond motifs is 1. The molecule has 0 saturated heterocycles. The molecule has 16 heavy (non-hydrogen) atoms. The van der Waals surface area contributed by atoms with Crippen LogP contribution in [0.25, 0.3) is 0 Å². The molecule has 1 aromatic rings. The molecule has 0 aromatic heterocycles. The Bertz CT molecular complexity index is 452. The van der Waals surface area contributed by atoms with E-state index in [9.17, 15) is 5.11 Å². The molecule has 3 rings (SSSR count). The lowest BCUT2D eigenvalue weighted by Gasteiger charge is -2.14. The normalized spacial score (nSPS) is 20.9. The number of aryl methyl sites for hydroxylation is 1. The van der Waals surface area contributed by atoms with Crippen LogP contribution in [0.4, 0.5) is 0 Å². The maximum Gasteiger partial charge on any atom is 0.137 e. The second kappa shape index (κ2) is 3.38. The number of nitrogens with two attached hydrogens (primary N) is 1. The van der Waals surface area contributed by atoms with E-state index in [0.717, 1.165) is 49.7 Å². The van der Waals surface area contributed by atoms with Crippen molar-refractivity contribution >= 4 is 11.6 Å². The molecule has 1 aromatic carbocycles. The Labute approximate surface area is 100 Å². The third-order valence-electron chi connectivity index (χ3n) is 3.82. The van der Waals surface area contributed by atoms with E-state index in [1.54, 1.807) is 0 Å². The molecule has 0 heterocycles. The molecule has 3 heteroatoms. The van der Waals surface area contributed by atoms with Crippen molar-refractivity contribution in [2.75, 3.05) is 0 Å². The quantitative estimate of drug-likeness (QED) is 0.831. The van der Waals surface area contributed by atoms with E-state index >= 15 is 0 Å². The zero-order valence-electron chi connectivity index (χ0n) is 9.22. The van der Waals surface area contributed by atoms with E-state index < -0.39 is 0 Å². The summed E-state index contributed by atoms with van der Waals surface area (Å²) in [4.78, 5) is 0. The Hall–Kier alpha value is -0.730. The molecule has 3 N–H and O–H groups in total. The summed E-state index contributed by atoms with van der Waals surface area (Å²) < 4.78 is 0. The summed E-state index contributed by atoms with van der Waals surface area (Å²) in [6.07, 6.45) is 6.09. The number of phenolic OH excluding ortho intramolecular Hbond substituents is 1. The van der Waals surface area contributed by atoms with E-state index in [1.165, 1.54) is 5.56 Å². The van der Waals surface area contributed by atoms with Crippen molar-refractivity contribution in [1.29, 1.82) is 0 Å². The highest BCUT2D eigenvalue weighted by atomic mass is 35.5. The number of aromatic hydroxyl groups is 1. The van der Waals surface area contributed by atoms with Gasteiger partial charge in [0.1, 0.15) is 5.75 Å². The summed E-state index contributed by atoms with van der Waals surface area (Å²) in [5.74, 6) is 0.263. The van der Waals surface area contributed by atoms with Gasteiger partial charge in [-0.2, -0.15) is 0 Å². The van der Waals surface area contributed by atoms with Crippen molar-refractivity contribution in [3.8, 4) is 5.75 Å². The fourth-order valence-corrected chi connectivity index (χ4v) is 2.93. The number of hydrogen-bond acceptors (Lipinski definition) is 2. The number of benzene rings is 1. The fraction of sp³-hybridized carbons (Fsp3) is 0.538. The van der Waals surface area contributed by atoms with Crippen LogP contribution in [-0.2, 0) is 19.3 Å². The first-order chi connectivity index (χ1) is 7.59. The minimum Gasteiger partial charge on any atom is -0.506 e. The van der Waals surface area contributed by atoms with Gasteiger partial charge in [-0.3, -0.25) is 0 Å². The Morgan fingerprint density at radius 3 is 2.81 bits per heavy atom. The molecule has 0 unspecified atom stereocenters. The molecule has 0 radical (unpaired) electrons. The largest absolute Gasteiger partial charge is 0.506 e. The van der Waals surface area contributed by atoms with Crippen molar-refractivity contribution in [3.05, 3.63) is 27.8 Å². The zero-order chi connectivity index (χ0) is 11.3. The SMILES string of the molecule is NC1(Cc2cc3c(c(Cl)c2O)CCC3)CC1. The van der Waals surface area contributed by atoms with Crippen LogP contribution < -0.4 is 5.73 Å². The van der Waals surface area contributed by atoms with Gasteiger partial charge >= 0.3 is 0 Å². The molecule has 0 spiro atoms. The molecular formula is C13H16ClNO. The highest BCUT2D eigenvalue weighted by Gasteiger charge is 2.39. The van der Waals surface area contributed by atoms with E-state index in [4.69, 9.17) is 17.3 Å². The monoisotopic (exact) mass is 237 g/mol. The van der Waals surface area contributed by atoms with Gasteiger partial charge in [0.25, 0.3) is 0 Å². The second-order valence-electron chi connectivity index (χ2n) is 5.23. The minimum absolute atomic E-state index is 0.0757. The van der Waals surface area contributed by atoms with Gasteiger partial charge in [0.15, 0.2) is 0 Å². The molecule has 1 saturated carbocycles. The zero-order valence-corrected chi connectivity index (χ0v) is 9.98. The van der Waals surface area contributed by atoms with E-state index in [-0.39, 0.29) is 11.3 Å². The predicted octanol–water partition coefficient (Wildman–Crippen LogP) is 2.57. The molecule has 0 bridgehead atoms. The first-order valence-corrected chi connectivity index (χ1v) is 6.28. The second-order valence-corrected chi connectivity index (χ2v) is 5.61. The lowest BCUT2D eigenvalue weighted by atomic mass is 9.99. The Balaban J connectivity index is 2.02. The molecule has 0 amide bonds. The summed E-state index contributed by atoms with van der Waals surface area (Å²) in [5.41, 5.74) is 9.40. The highest BCUT2D eigenvalue weighted by Crippen LogP contribution is 2.43. The minimum atomic E-state index is -0.0757. The van der Waals surface area contributed by atoms with Crippen LogP contribution in [0.2, 0.25) is 5.02 Å². The van der Waals surface area contributed by atoms with Gasteiger partial charge in [-0.25, -0.2) is 0 Å². The maximum atomic E-state index is 10.1. The summed E-state index contributed by atoms with van der Waals surface area (Å²) >= 11 is 6.20. The van der Waals surface area contributed by atoms with E-state index in [0.29, 0.717) is 5.02 Å². The van der Waals surface area contributed by atoms with Crippen molar-refractivity contribution in [1.82, 2.24) is 0 Å². The summed E-state index contributed by atoms with van der Waals surface area (Å²) in [7, 11) is 0. The van der Waals surface area contributed by atoms with Crippen LogP contribution in [0.5, 0.6) is 5.75 Å². The van der Waals surface area contributed by atoms with Crippen LogP contribution in [0.15, 0.2) is 6.07 Å². The number of halogens is 1. The summed E-state index contributed by atoms with van der Waals surface area (Å²) in [5, 5.41) is 10.6. The molecule has 0 aliphatic heterocycles. The van der Waals surface area contributed by atoms with Crippen LogP contribution >= 0.6 is 11.6 Å². The number of rotatable bonds is 2. The van der Waals surface area contributed by atoms with Crippen molar-refractivity contribution in [2.45, 2.75) is 44.1 Å². The average Bonchev–Trinajstić information content (AvgIpc) is 2.79. The predicted molar refractivity (Wildman–Crippen MR) is 65.0 cm³/mol. The maximum absolute atomic E-state index is 10.1. The molecule has 0 atom stereocenters. The first-order valence-electron chi connectivity index (χ1n) is 5.90. The van der Waals surface area contributed by atoms with Gasteiger partial charge in [0, 0.05) is 5.54 Å². The van der Waals surface area contributed by atoms with Crippen LogP contribution in [0.3, 0.4) is 0 Å². The first kappa shape index (κ1) is 10.4. The molecule has 2 aliphatic carbocycles. The topological polar surface area (TPSA) is 46.2 Å². The highest BCUT2D eigenvalue weighted by molar-refractivity contribution is 6.33. The standard InChI is InChI=1S/C13H16ClNO/c14-11-10-3-1-2-8(10)6-9(12(11)16)7-13(15)4-5-13/h6,16H,1-5,7,15H2. The van der Waals surface area contributed by atoms with Crippen LogP contribution in [0, 0.1) is 0 Å². The molecule has 2 aliphatic rings. The third-order valence-corrected chi connectivity index (χ3v) is 4.23. The van der Waals surface area contributed by atoms with Gasteiger partial charge < -0.3 is 10.8 Å².